The zero-order valence-electron chi connectivity index (χ0n) is 11.5. The van der Waals surface area contributed by atoms with Gasteiger partial charge in [-0.3, -0.25) is 9.13 Å². The summed E-state index contributed by atoms with van der Waals surface area (Å²) in [5, 5.41) is 0.350. The van der Waals surface area contributed by atoms with Crippen molar-refractivity contribution < 1.29 is 9.46 Å². The van der Waals surface area contributed by atoms with Crippen molar-refractivity contribution in [3.05, 3.63) is 67.1 Å². The third kappa shape index (κ3) is 3.18. The number of pyridine rings is 1. The van der Waals surface area contributed by atoms with E-state index in [1.165, 1.54) is 10.8 Å². The molecule has 3 rings (SSSR count). The number of nitrogens with zero attached hydrogens (tertiary/aromatic N) is 3. The molecule has 0 amide bonds. The summed E-state index contributed by atoms with van der Waals surface area (Å²) in [6.45, 7) is 0. The van der Waals surface area contributed by atoms with Crippen LogP contribution in [-0.4, -0.2) is 49.0 Å². The van der Waals surface area contributed by atoms with Gasteiger partial charge in [-0.1, -0.05) is 24.3 Å². The number of aromatic nitrogens is 3. The third-order valence-electron chi connectivity index (χ3n) is 2.89. The fourth-order valence-electron chi connectivity index (χ4n) is 1.94. The minimum Gasteiger partial charge on any atom is -0.336 e. The molecule has 1 radical (unpaired) electrons. The van der Waals surface area contributed by atoms with E-state index in [-0.39, 0.29) is 35.1 Å². The van der Waals surface area contributed by atoms with Crippen LogP contribution in [0.15, 0.2) is 67.1 Å². The maximum Gasteiger partial charge on any atom is 0.293 e. The van der Waals surface area contributed by atoms with Gasteiger partial charge in [0, 0.05) is 53.5 Å². The molecule has 1 unspecified atom stereocenters. The zero-order valence-corrected chi connectivity index (χ0v) is 14.4. The molecule has 1 N–H and O–H groups in total. The maximum atomic E-state index is 12.7. The predicted octanol–water partition coefficient (Wildman–Crippen LogP) is 1.11. The smallest absolute Gasteiger partial charge is 0.293 e. The van der Waals surface area contributed by atoms with Crippen LogP contribution in [0.1, 0.15) is 0 Å². The molecule has 3 aromatic rings. The average molecular weight is 308 g/mol. The Balaban J connectivity index is 0.00000161. The number of hydrogen-bond donors (Lipinski definition) is 1. The fourth-order valence-corrected chi connectivity index (χ4v) is 3.43. The van der Waals surface area contributed by atoms with Crippen molar-refractivity contribution in [3.8, 4) is 5.82 Å². The minimum absolute atomic E-state index is 0. The van der Waals surface area contributed by atoms with Crippen LogP contribution >= 0.6 is 7.37 Å². The van der Waals surface area contributed by atoms with Crippen LogP contribution in [0, 0.1) is 0 Å². The normalized spacial score (nSPS) is 13.2. The van der Waals surface area contributed by atoms with E-state index in [2.05, 4.69) is 9.97 Å². The van der Waals surface area contributed by atoms with Gasteiger partial charge in [-0.05, 0) is 24.3 Å². The summed E-state index contributed by atoms with van der Waals surface area (Å²) in [5.74, 6) is 0.560. The Bertz CT molecular complexity index is 762. The molecular weight excluding hydrogens is 296 g/mol. The fraction of sp³-hybridized carbons (Fsp3) is 0. The Labute approximate surface area is 144 Å². The van der Waals surface area contributed by atoms with E-state index in [1.807, 2.05) is 6.07 Å². The van der Waals surface area contributed by atoms with Gasteiger partial charge in [0.05, 0.1) is 0 Å². The van der Waals surface area contributed by atoms with Gasteiger partial charge in [0.25, 0.3) is 7.37 Å². The molecule has 101 valence electrons. The molecule has 21 heavy (non-hydrogen) atoms. The van der Waals surface area contributed by atoms with Crippen LogP contribution in [-0.2, 0) is 4.57 Å². The summed E-state index contributed by atoms with van der Waals surface area (Å²) < 4.78 is 14.3. The molecule has 7 heteroatoms. The number of rotatable bonds is 3. The minimum atomic E-state index is -3.74. The molecule has 0 aliphatic rings. The second-order valence-corrected chi connectivity index (χ2v) is 6.27. The van der Waals surface area contributed by atoms with Crippen molar-refractivity contribution in [3.63, 3.8) is 0 Å². The Morgan fingerprint density at radius 3 is 2.33 bits per heavy atom. The second kappa shape index (κ2) is 6.69. The summed E-state index contributed by atoms with van der Waals surface area (Å²) in [4.78, 5) is 18.7. The van der Waals surface area contributed by atoms with E-state index < -0.39 is 7.37 Å². The topological polar surface area (TPSA) is 68.0 Å². The Morgan fingerprint density at radius 2 is 1.67 bits per heavy atom. The summed E-state index contributed by atoms with van der Waals surface area (Å²) in [5.41, 5.74) is 0.0994. The van der Waals surface area contributed by atoms with Crippen LogP contribution < -0.4 is 10.9 Å². The van der Waals surface area contributed by atoms with Gasteiger partial charge in [-0.25, -0.2) is 9.97 Å². The molecule has 1 aromatic carbocycles. The summed E-state index contributed by atoms with van der Waals surface area (Å²) in [6.07, 6.45) is 4.75. The van der Waals surface area contributed by atoms with E-state index >= 15 is 0 Å². The Morgan fingerprint density at radius 1 is 0.952 bits per heavy atom. The Kier molecular flexibility index (Phi) is 5.14. The van der Waals surface area contributed by atoms with E-state index in [9.17, 15) is 9.46 Å². The Hall–Kier alpha value is -1.23. The number of benzene rings is 1. The first-order valence-corrected chi connectivity index (χ1v) is 7.69. The van der Waals surface area contributed by atoms with Crippen molar-refractivity contribution in [1.82, 2.24) is 14.5 Å². The molecule has 2 aromatic heterocycles. The van der Waals surface area contributed by atoms with Crippen molar-refractivity contribution in [2.75, 3.05) is 0 Å². The van der Waals surface area contributed by atoms with Crippen LogP contribution in [0.3, 0.4) is 0 Å². The molecule has 1 atom stereocenters. The van der Waals surface area contributed by atoms with Gasteiger partial charge >= 0.3 is 0 Å². The van der Waals surface area contributed by atoms with E-state index in [0.717, 1.165) is 0 Å². The molecule has 0 fully saturated rings. The van der Waals surface area contributed by atoms with Crippen LogP contribution in [0.25, 0.3) is 5.82 Å². The van der Waals surface area contributed by atoms with Gasteiger partial charge in [0.15, 0.2) is 0 Å². The molecule has 0 aliphatic carbocycles. The van der Waals surface area contributed by atoms with Gasteiger partial charge in [0.2, 0.25) is 5.57 Å². The zero-order chi connectivity index (χ0) is 14.0. The van der Waals surface area contributed by atoms with Crippen molar-refractivity contribution >= 4 is 47.8 Å². The van der Waals surface area contributed by atoms with Crippen molar-refractivity contribution in [2.45, 2.75) is 0 Å². The summed E-state index contributed by atoms with van der Waals surface area (Å²) in [6, 6.07) is 13.9. The molecule has 5 nitrogen and oxygen atoms in total. The van der Waals surface area contributed by atoms with Crippen molar-refractivity contribution in [2.24, 2.45) is 0 Å². The molecule has 0 spiro atoms. The van der Waals surface area contributed by atoms with Gasteiger partial charge < -0.3 is 4.89 Å². The van der Waals surface area contributed by atoms with E-state index in [4.69, 9.17) is 0 Å². The monoisotopic (exact) mass is 308 g/mol. The molecule has 0 saturated carbocycles. The van der Waals surface area contributed by atoms with E-state index in [1.54, 1.807) is 54.9 Å². The van der Waals surface area contributed by atoms with Crippen LogP contribution in [0.5, 0.6) is 0 Å². The molecule has 0 bridgehead atoms. The molecule has 2 heterocycles. The van der Waals surface area contributed by atoms with Gasteiger partial charge in [-0.15, -0.1) is 0 Å². The van der Waals surface area contributed by atoms with Gasteiger partial charge in [0.1, 0.15) is 5.82 Å². The summed E-state index contributed by atoms with van der Waals surface area (Å²) >= 11 is 0. The first kappa shape index (κ1) is 16.1. The number of hydrogen-bond acceptors (Lipinski definition) is 3. The van der Waals surface area contributed by atoms with E-state index in [0.29, 0.717) is 11.1 Å². The van der Waals surface area contributed by atoms with Gasteiger partial charge in [-0.2, -0.15) is 0 Å². The quantitative estimate of drug-likeness (QED) is 0.581. The molecule has 0 aliphatic heterocycles. The average Bonchev–Trinajstić information content (AvgIpc) is 2.99. The first-order valence-electron chi connectivity index (χ1n) is 6.03. The third-order valence-corrected chi connectivity index (χ3v) is 4.77. The number of imidazole rings is 1. The van der Waals surface area contributed by atoms with Crippen LogP contribution in [0.4, 0.5) is 0 Å². The van der Waals surface area contributed by atoms with Crippen molar-refractivity contribution in [1.29, 1.82) is 0 Å². The predicted molar refractivity (Wildman–Crippen MR) is 82.6 cm³/mol. The second-order valence-electron chi connectivity index (χ2n) is 4.20. The summed E-state index contributed by atoms with van der Waals surface area (Å²) in [7, 11) is -3.74. The SMILES string of the molecule is O=P(O)(c1ccccc1)c1nccn1-c1ccccn1.[Na]. The largest absolute Gasteiger partial charge is 0.336 e. The molecular formula is C14H12N3NaO2P. The standard InChI is InChI=1S/C14H12N3O2P.Na/c18-20(19,12-6-2-1-3-7-12)14-16-10-11-17(14)13-8-4-5-9-15-13;/h1-11H,(H,18,19);. The maximum absolute atomic E-state index is 12.7. The first-order chi connectivity index (χ1) is 9.69. The van der Waals surface area contributed by atoms with Crippen LogP contribution in [0.2, 0.25) is 0 Å². The molecule has 0 saturated heterocycles.